The second kappa shape index (κ2) is 5.18. The topological polar surface area (TPSA) is 49.7 Å². The van der Waals surface area contributed by atoms with Gasteiger partial charge in [0, 0.05) is 30.9 Å². The second-order valence-corrected chi connectivity index (χ2v) is 4.75. The fraction of sp³-hybridized carbons (Fsp3) is 0.400. The normalized spacial score (nSPS) is 11.2. The number of aromatic nitrogens is 4. The molecule has 0 saturated heterocycles. The summed E-state index contributed by atoms with van der Waals surface area (Å²) in [4.78, 5) is 6.50. The lowest BCUT2D eigenvalue weighted by molar-refractivity contribution is 0.437. The summed E-state index contributed by atoms with van der Waals surface area (Å²) in [7, 11) is 4.15. The van der Waals surface area contributed by atoms with Gasteiger partial charge in [-0.3, -0.25) is 9.67 Å². The number of nitrogens with one attached hydrogen (secondary N) is 1. The average molecular weight is 237 g/mol. The Kier molecular flexibility index (Phi) is 3.63. The van der Waals surface area contributed by atoms with Crippen LogP contribution in [0.4, 0.5) is 0 Å². The number of hydrogen-bond donors (Lipinski definition) is 1. The molecule has 0 bridgehead atoms. The molecule has 0 aliphatic heterocycles. The summed E-state index contributed by atoms with van der Waals surface area (Å²) in [5.41, 5.74) is 1.02. The number of thioether (sulfide) groups is 1. The molecule has 6 heteroatoms. The maximum Gasteiger partial charge on any atom is 0.172 e. The fourth-order valence-electron chi connectivity index (χ4n) is 1.29. The Hall–Kier alpha value is -1.27. The largest absolute Gasteiger partial charge is 0.309 e. The molecule has 86 valence electrons. The maximum atomic E-state index is 4.33. The minimum Gasteiger partial charge on any atom is -0.309 e. The van der Waals surface area contributed by atoms with Crippen molar-refractivity contribution in [1.82, 2.24) is 24.6 Å². The Morgan fingerprint density at radius 3 is 3.06 bits per heavy atom. The molecule has 0 radical (unpaired) electrons. The Morgan fingerprint density at radius 2 is 2.38 bits per heavy atom. The zero-order valence-electron chi connectivity index (χ0n) is 9.42. The van der Waals surface area contributed by atoms with E-state index in [0.29, 0.717) is 0 Å². The van der Waals surface area contributed by atoms with Crippen molar-refractivity contribution in [1.29, 1.82) is 0 Å². The van der Waals surface area contributed by atoms with Crippen molar-refractivity contribution in [3.63, 3.8) is 0 Å². The first-order chi connectivity index (χ1) is 7.77. The van der Waals surface area contributed by atoms with Crippen molar-refractivity contribution >= 4 is 11.8 Å². The van der Waals surface area contributed by atoms with E-state index in [4.69, 9.17) is 0 Å². The summed E-state index contributed by atoms with van der Waals surface area (Å²) >= 11 is 1.75. The first kappa shape index (κ1) is 11.2. The second-order valence-electron chi connectivity index (χ2n) is 3.69. The van der Waals surface area contributed by atoms with E-state index in [9.17, 15) is 0 Å². The fourth-order valence-corrected chi connectivity index (χ4v) is 2.37. The summed E-state index contributed by atoms with van der Waals surface area (Å²) in [6.45, 7) is 1.04. The number of H-pyrrole nitrogens is 1. The van der Waals surface area contributed by atoms with Crippen molar-refractivity contribution in [3.8, 4) is 5.69 Å². The highest BCUT2D eigenvalue weighted by Crippen LogP contribution is 2.19. The molecule has 0 unspecified atom stereocenters. The zero-order valence-corrected chi connectivity index (χ0v) is 10.2. The Bertz CT molecular complexity index is 420. The average Bonchev–Trinajstić information content (AvgIpc) is 2.84. The molecule has 2 heterocycles. The van der Waals surface area contributed by atoms with Crippen LogP contribution >= 0.6 is 11.8 Å². The molecule has 2 aromatic heterocycles. The summed E-state index contributed by atoms with van der Waals surface area (Å²) in [5.74, 6) is 1.03. The third-order valence-corrected chi connectivity index (χ3v) is 3.09. The predicted octanol–water partition coefficient (Wildman–Crippen LogP) is 1.25. The molecular formula is C10H15N5S. The molecule has 0 fully saturated rings. The van der Waals surface area contributed by atoms with E-state index in [2.05, 4.69) is 34.2 Å². The van der Waals surface area contributed by atoms with Crippen LogP contribution < -0.4 is 0 Å². The van der Waals surface area contributed by atoms with Crippen molar-refractivity contribution in [2.75, 3.05) is 26.4 Å². The highest BCUT2D eigenvalue weighted by Gasteiger charge is 2.06. The molecule has 0 aliphatic carbocycles. The molecule has 2 aromatic rings. The van der Waals surface area contributed by atoms with E-state index in [1.165, 1.54) is 0 Å². The molecule has 5 nitrogen and oxygen atoms in total. The lowest BCUT2D eigenvalue weighted by Gasteiger charge is -2.09. The predicted molar refractivity (Wildman–Crippen MR) is 65.0 cm³/mol. The molecule has 16 heavy (non-hydrogen) atoms. The highest BCUT2D eigenvalue weighted by molar-refractivity contribution is 7.99. The molecule has 2 rings (SSSR count). The molecule has 0 aromatic carbocycles. The third-order valence-electron chi connectivity index (χ3n) is 2.14. The number of rotatable bonds is 5. The van der Waals surface area contributed by atoms with Crippen molar-refractivity contribution in [2.24, 2.45) is 0 Å². The van der Waals surface area contributed by atoms with Gasteiger partial charge in [-0.05, 0) is 14.1 Å². The summed E-state index contributed by atoms with van der Waals surface area (Å²) < 4.78 is 2.03. The van der Waals surface area contributed by atoms with Crippen LogP contribution in [-0.2, 0) is 0 Å². The van der Waals surface area contributed by atoms with Gasteiger partial charge >= 0.3 is 0 Å². The standard InChI is InChI=1S/C10H15N5S/c1-14(2)5-6-16-10-11-3-4-15(10)9-7-12-13-8-9/h3-4,7-8H,5-6H2,1-2H3,(H,12,13). The lowest BCUT2D eigenvalue weighted by Crippen LogP contribution is -2.15. The third kappa shape index (κ3) is 2.65. The Labute approximate surface area is 98.9 Å². The van der Waals surface area contributed by atoms with Gasteiger partial charge in [0.25, 0.3) is 0 Å². The van der Waals surface area contributed by atoms with Crippen molar-refractivity contribution in [3.05, 3.63) is 24.8 Å². The molecule has 0 saturated carbocycles. The maximum absolute atomic E-state index is 4.33. The summed E-state index contributed by atoms with van der Waals surface area (Å²) in [5, 5.41) is 7.74. The minimum absolute atomic E-state index is 1.00. The smallest absolute Gasteiger partial charge is 0.172 e. The van der Waals surface area contributed by atoms with Crippen molar-refractivity contribution in [2.45, 2.75) is 5.16 Å². The lowest BCUT2D eigenvalue weighted by atomic mass is 10.6. The minimum atomic E-state index is 1.00. The Morgan fingerprint density at radius 1 is 1.50 bits per heavy atom. The van der Waals surface area contributed by atoms with E-state index in [1.807, 2.05) is 23.2 Å². The van der Waals surface area contributed by atoms with Crippen LogP contribution in [0.25, 0.3) is 5.69 Å². The van der Waals surface area contributed by atoms with Crippen LogP contribution in [0.15, 0.2) is 29.9 Å². The van der Waals surface area contributed by atoms with Gasteiger partial charge < -0.3 is 4.90 Å². The Balaban J connectivity index is 2.03. The van der Waals surface area contributed by atoms with E-state index in [1.54, 1.807) is 18.0 Å². The number of aromatic amines is 1. The summed E-state index contributed by atoms with van der Waals surface area (Å²) in [6.07, 6.45) is 7.41. The molecule has 0 spiro atoms. The van der Waals surface area contributed by atoms with Gasteiger partial charge in [0.05, 0.1) is 11.9 Å². The van der Waals surface area contributed by atoms with Gasteiger partial charge in [0.2, 0.25) is 0 Å². The van der Waals surface area contributed by atoms with Crippen LogP contribution in [0.1, 0.15) is 0 Å². The van der Waals surface area contributed by atoms with Gasteiger partial charge in [-0.25, -0.2) is 4.98 Å². The van der Waals surface area contributed by atoms with Gasteiger partial charge in [-0.15, -0.1) is 0 Å². The number of hydrogen-bond acceptors (Lipinski definition) is 4. The van der Waals surface area contributed by atoms with Gasteiger partial charge in [0.1, 0.15) is 0 Å². The van der Waals surface area contributed by atoms with E-state index >= 15 is 0 Å². The highest BCUT2D eigenvalue weighted by atomic mass is 32.2. The number of nitrogens with zero attached hydrogens (tertiary/aromatic N) is 4. The number of imidazole rings is 1. The van der Waals surface area contributed by atoms with Crippen molar-refractivity contribution < 1.29 is 0 Å². The molecule has 0 amide bonds. The molecular weight excluding hydrogens is 222 g/mol. The van der Waals surface area contributed by atoms with Gasteiger partial charge in [-0.1, -0.05) is 11.8 Å². The van der Waals surface area contributed by atoms with Gasteiger partial charge in [0.15, 0.2) is 5.16 Å². The van der Waals surface area contributed by atoms with E-state index < -0.39 is 0 Å². The molecule has 0 aliphatic rings. The van der Waals surface area contributed by atoms with Crippen LogP contribution in [0, 0.1) is 0 Å². The molecule has 0 atom stereocenters. The quantitative estimate of drug-likeness (QED) is 0.795. The molecule has 1 N–H and O–H groups in total. The van der Waals surface area contributed by atoms with Crippen LogP contribution in [0.5, 0.6) is 0 Å². The SMILES string of the molecule is CN(C)CCSc1nccn1-c1cn[nH]c1. The van der Waals surface area contributed by atoms with E-state index in [-0.39, 0.29) is 0 Å². The van der Waals surface area contributed by atoms with Crippen LogP contribution in [-0.4, -0.2) is 51.0 Å². The monoisotopic (exact) mass is 237 g/mol. The van der Waals surface area contributed by atoms with Crippen LogP contribution in [0.2, 0.25) is 0 Å². The first-order valence-electron chi connectivity index (χ1n) is 5.07. The van der Waals surface area contributed by atoms with E-state index in [0.717, 1.165) is 23.1 Å². The summed E-state index contributed by atoms with van der Waals surface area (Å²) in [6, 6.07) is 0. The first-order valence-corrected chi connectivity index (χ1v) is 6.06. The van der Waals surface area contributed by atoms with Crippen LogP contribution in [0.3, 0.4) is 0 Å². The van der Waals surface area contributed by atoms with Gasteiger partial charge in [-0.2, -0.15) is 5.10 Å². The zero-order chi connectivity index (χ0) is 11.4.